The zero-order valence-electron chi connectivity index (χ0n) is 18.2. The number of carbonyl (C=O) groups excluding carboxylic acids is 1. The Morgan fingerprint density at radius 3 is 2.15 bits per heavy atom. The number of ketones is 1. The average Bonchev–Trinajstić information content (AvgIpc) is 2.64. The van der Waals surface area contributed by atoms with E-state index < -0.39 is 0 Å². The summed E-state index contributed by atoms with van der Waals surface area (Å²) < 4.78 is 1.08. The molecule has 0 aliphatic carbocycles. The fourth-order valence-electron chi connectivity index (χ4n) is 4.86. The molecule has 0 spiro atoms. The second-order valence-corrected chi connectivity index (χ2v) is 8.48. The van der Waals surface area contributed by atoms with E-state index in [1.165, 1.54) is 81.3 Å². The third kappa shape index (κ3) is 6.75. The topological polar surface area (TPSA) is 17.1 Å². The number of Topliss-reactive ketones (excluding diaryl/α,β-unsaturated/α-hetero) is 1. The first kappa shape index (κ1) is 25.0. The molecule has 1 saturated heterocycles. The van der Waals surface area contributed by atoms with Gasteiger partial charge in [-0.05, 0) is 62.6 Å². The van der Waals surface area contributed by atoms with Crippen molar-refractivity contribution in [3.05, 3.63) is 34.9 Å². The molecule has 0 unspecified atom stereocenters. The van der Waals surface area contributed by atoms with Gasteiger partial charge in [0, 0.05) is 45.6 Å². The molecule has 0 amide bonds. The molecule has 149 valence electrons. The molecule has 27 heavy (non-hydrogen) atoms. The van der Waals surface area contributed by atoms with Gasteiger partial charge >= 0.3 is 0 Å². The summed E-state index contributed by atoms with van der Waals surface area (Å²) in [5, 5.41) is 0. The minimum Gasteiger partial charge on any atom is -0.315 e. The Hall–Kier alpha value is -0.0461. The van der Waals surface area contributed by atoms with Crippen LogP contribution in [0.25, 0.3) is 0 Å². The zero-order chi connectivity index (χ0) is 19.0. The van der Waals surface area contributed by atoms with Gasteiger partial charge in [0.2, 0.25) is 0 Å². The molecule has 0 bridgehead atoms. The fourth-order valence-corrected chi connectivity index (χ4v) is 4.86. The largest absolute Gasteiger partial charge is 0.315 e. The maximum Gasteiger partial charge on any atom is 0.194 e. The van der Waals surface area contributed by atoms with Crippen molar-refractivity contribution in [2.75, 3.05) is 19.6 Å². The third-order valence-corrected chi connectivity index (χ3v) is 6.52. The number of hydrogen-bond acceptors (Lipinski definition) is 1. The van der Waals surface area contributed by atoms with Crippen molar-refractivity contribution in [2.45, 2.75) is 91.5 Å². The van der Waals surface area contributed by atoms with Crippen molar-refractivity contribution in [3.8, 4) is 0 Å². The van der Waals surface area contributed by atoms with E-state index in [9.17, 15) is 4.79 Å². The van der Waals surface area contributed by atoms with E-state index in [0.29, 0.717) is 12.2 Å². The normalized spacial score (nSPS) is 17.2. The van der Waals surface area contributed by atoms with Gasteiger partial charge in [0.05, 0.1) is 19.6 Å². The minimum absolute atomic E-state index is 0. The van der Waals surface area contributed by atoms with Crippen LogP contribution in [-0.4, -0.2) is 35.9 Å². The van der Waals surface area contributed by atoms with Crippen LogP contribution in [0, 0.1) is 13.8 Å². The SMILES string of the molecule is CCCC[C@H](C(=O)Cc1c(C)cccc1C)[N+]1(CCCC)CCCCC1.[Y]. The number of rotatable bonds is 10. The molecule has 0 saturated carbocycles. The molecule has 1 heterocycles. The Bertz CT molecular complexity index is 557. The first-order valence-electron chi connectivity index (χ1n) is 11.0. The fraction of sp³-hybridized carbons (Fsp3) is 0.708. The van der Waals surface area contributed by atoms with Crippen LogP contribution >= 0.6 is 0 Å². The Kier molecular flexibility index (Phi) is 11.6. The van der Waals surface area contributed by atoms with Crippen molar-refractivity contribution < 1.29 is 42.0 Å². The van der Waals surface area contributed by atoms with Crippen molar-refractivity contribution in [2.24, 2.45) is 0 Å². The van der Waals surface area contributed by atoms with Crippen LogP contribution in [0.1, 0.15) is 81.9 Å². The summed E-state index contributed by atoms with van der Waals surface area (Å²) in [6.07, 6.45) is 10.5. The van der Waals surface area contributed by atoms with Gasteiger partial charge in [0.1, 0.15) is 6.04 Å². The van der Waals surface area contributed by atoms with Crippen molar-refractivity contribution in [1.82, 2.24) is 0 Å². The number of hydrogen-bond donors (Lipinski definition) is 0. The summed E-state index contributed by atoms with van der Waals surface area (Å²) >= 11 is 0. The summed E-state index contributed by atoms with van der Waals surface area (Å²) in [7, 11) is 0. The minimum atomic E-state index is 0. The van der Waals surface area contributed by atoms with Crippen LogP contribution in [0.5, 0.6) is 0 Å². The summed E-state index contributed by atoms with van der Waals surface area (Å²) in [4.78, 5) is 13.6. The number of carbonyl (C=O) groups is 1. The molecule has 1 aromatic carbocycles. The maximum absolute atomic E-state index is 13.6. The van der Waals surface area contributed by atoms with Crippen LogP contribution in [-0.2, 0) is 43.9 Å². The van der Waals surface area contributed by atoms with Crippen molar-refractivity contribution in [3.63, 3.8) is 0 Å². The standard InChI is InChI=1S/C24H40NO.Y/c1-5-7-15-23(25(16-8-6-2)17-10-9-11-18-25)24(26)19-22-20(3)13-12-14-21(22)4;/h12-14,23H,5-11,15-19H2,1-4H3;/q+1;/t23-;/m1./s1. The van der Waals surface area contributed by atoms with E-state index >= 15 is 0 Å². The van der Waals surface area contributed by atoms with Gasteiger partial charge in [0.15, 0.2) is 5.78 Å². The van der Waals surface area contributed by atoms with Crippen LogP contribution in [0.3, 0.4) is 0 Å². The maximum atomic E-state index is 13.6. The van der Waals surface area contributed by atoms with E-state index in [-0.39, 0.29) is 38.8 Å². The molecule has 1 atom stereocenters. The summed E-state index contributed by atoms with van der Waals surface area (Å²) in [6.45, 7) is 12.5. The second-order valence-electron chi connectivity index (χ2n) is 8.48. The van der Waals surface area contributed by atoms with Gasteiger partial charge in [-0.3, -0.25) is 4.79 Å². The van der Waals surface area contributed by atoms with E-state index in [2.05, 4.69) is 45.9 Å². The van der Waals surface area contributed by atoms with E-state index in [4.69, 9.17) is 0 Å². The first-order chi connectivity index (χ1) is 12.5. The van der Waals surface area contributed by atoms with Crippen molar-refractivity contribution in [1.29, 1.82) is 0 Å². The third-order valence-electron chi connectivity index (χ3n) is 6.52. The van der Waals surface area contributed by atoms with Crippen LogP contribution in [0.15, 0.2) is 18.2 Å². The van der Waals surface area contributed by atoms with Crippen LogP contribution in [0.2, 0.25) is 0 Å². The van der Waals surface area contributed by atoms with E-state index in [0.717, 1.165) is 10.9 Å². The Morgan fingerprint density at radius 2 is 1.59 bits per heavy atom. The Labute approximate surface area is 193 Å². The molecule has 1 aromatic rings. The molecular formula is C24H40NOY+. The summed E-state index contributed by atoms with van der Waals surface area (Å²) in [5.74, 6) is 0.494. The molecule has 2 nitrogen and oxygen atoms in total. The van der Waals surface area contributed by atoms with E-state index in [1.54, 1.807) is 0 Å². The predicted octanol–water partition coefficient (Wildman–Crippen LogP) is 5.77. The molecule has 2 rings (SSSR count). The number of quaternary nitrogens is 1. The number of piperidine rings is 1. The first-order valence-corrected chi connectivity index (χ1v) is 11.0. The van der Waals surface area contributed by atoms with Gasteiger partial charge in [-0.1, -0.05) is 44.9 Å². The zero-order valence-corrected chi connectivity index (χ0v) is 21.1. The Balaban J connectivity index is 0.00000364. The smallest absolute Gasteiger partial charge is 0.194 e. The monoisotopic (exact) mass is 447 g/mol. The number of benzene rings is 1. The molecule has 0 N–H and O–H groups in total. The summed E-state index contributed by atoms with van der Waals surface area (Å²) in [5.41, 5.74) is 3.81. The van der Waals surface area contributed by atoms with E-state index in [1.807, 2.05) is 0 Å². The molecule has 3 heteroatoms. The van der Waals surface area contributed by atoms with Gasteiger partial charge in [-0.15, -0.1) is 0 Å². The Morgan fingerprint density at radius 1 is 1.00 bits per heavy atom. The molecule has 1 radical (unpaired) electrons. The van der Waals surface area contributed by atoms with Gasteiger partial charge in [-0.2, -0.15) is 0 Å². The quantitative estimate of drug-likeness (QED) is 0.416. The van der Waals surface area contributed by atoms with Crippen LogP contribution in [0.4, 0.5) is 0 Å². The summed E-state index contributed by atoms with van der Waals surface area (Å²) in [6, 6.07) is 6.62. The average molecular weight is 447 g/mol. The number of aryl methyl sites for hydroxylation is 2. The number of nitrogens with zero attached hydrogens (tertiary/aromatic N) is 1. The molecule has 1 aliphatic heterocycles. The molecular weight excluding hydrogens is 407 g/mol. The number of likely N-dealkylation sites (tertiary alicyclic amines) is 1. The second kappa shape index (κ2) is 12.5. The molecule has 1 aliphatic rings. The molecule has 0 aromatic heterocycles. The number of unbranched alkanes of at least 4 members (excludes halogenated alkanes) is 2. The van der Waals surface area contributed by atoms with Crippen LogP contribution < -0.4 is 0 Å². The van der Waals surface area contributed by atoms with Crippen molar-refractivity contribution >= 4 is 5.78 Å². The van der Waals surface area contributed by atoms with Gasteiger partial charge in [-0.25, -0.2) is 0 Å². The van der Waals surface area contributed by atoms with Gasteiger partial charge < -0.3 is 4.48 Å². The van der Waals surface area contributed by atoms with Gasteiger partial charge in [0.25, 0.3) is 0 Å². The molecule has 1 fully saturated rings. The predicted molar refractivity (Wildman–Crippen MR) is 112 cm³/mol.